The number of rotatable bonds is 3. The molecule has 2 aromatic rings. The van der Waals surface area contributed by atoms with Gasteiger partial charge in [0.2, 0.25) is 5.91 Å². The van der Waals surface area contributed by atoms with Crippen molar-refractivity contribution in [1.82, 2.24) is 20.1 Å². The first-order valence-electron chi connectivity index (χ1n) is 9.73. The highest BCUT2D eigenvalue weighted by atomic mass is 32.1. The van der Waals surface area contributed by atoms with Crippen molar-refractivity contribution in [2.45, 2.75) is 38.3 Å². The summed E-state index contributed by atoms with van der Waals surface area (Å²) in [6.07, 6.45) is 2.26. The highest BCUT2D eigenvalue weighted by Crippen LogP contribution is 2.32. The number of nitrogens with one attached hydrogen (secondary N) is 1. The van der Waals surface area contributed by atoms with Gasteiger partial charge in [0, 0.05) is 26.1 Å². The average Bonchev–Trinajstić information content (AvgIpc) is 3.07. The smallest absolute Gasteiger partial charge is 0.264 e. The van der Waals surface area contributed by atoms with Gasteiger partial charge in [-0.25, -0.2) is 4.98 Å². The van der Waals surface area contributed by atoms with Crippen LogP contribution in [0, 0.1) is 6.92 Å². The normalized spacial score (nSPS) is 22.8. The Morgan fingerprint density at radius 1 is 1.29 bits per heavy atom. The van der Waals surface area contributed by atoms with E-state index >= 15 is 0 Å². The SMILES string of the molecule is Cc1nc(C2CCCN(C)C2)sc1C(=O)NC1C(=O)N(C)Cc2ccccc21. The van der Waals surface area contributed by atoms with Gasteiger partial charge >= 0.3 is 0 Å². The lowest BCUT2D eigenvalue weighted by Crippen LogP contribution is -2.44. The molecular formula is C21H26N4O2S. The number of carbonyl (C=O) groups is 2. The van der Waals surface area contributed by atoms with E-state index in [1.165, 1.54) is 11.3 Å². The third-order valence-corrected chi connectivity index (χ3v) is 6.98. The van der Waals surface area contributed by atoms with Gasteiger partial charge < -0.3 is 15.1 Å². The Balaban J connectivity index is 1.56. The standard InChI is InChI=1S/C21H26N4O2S/c1-13-18(28-20(22-13)15-8-6-10-24(2)11-15)19(26)23-17-16-9-5-4-7-14(16)12-25(3)21(17)27/h4-5,7,9,15,17H,6,8,10-12H2,1-3H3,(H,23,26). The van der Waals surface area contributed by atoms with E-state index in [-0.39, 0.29) is 11.8 Å². The fraction of sp³-hybridized carbons (Fsp3) is 0.476. The summed E-state index contributed by atoms with van der Waals surface area (Å²) in [6, 6.07) is 7.16. The molecule has 0 saturated carbocycles. The number of hydrogen-bond donors (Lipinski definition) is 1. The summed E-state index contributed by atoms with van der Waals surface area (Å²) in [5.74, 6) is 0.0874. The van der Waals surface area contributed by atoms with Crippen molar-refractivity contribution in [3.8, 4) is 0 Å². The molecule has 0 radical (unpaired) electrons. The molecule has 2 amide bonds. The maximum Gasteiger partial charge on any atom is 0.264 e. The first-order chi connectivity index (χ1) is 13.4. The van der Waals surface area contributed by atoms with Crippen LogP contribution in [0.25, 0.3) is 0 Å². The van der Waals surface area contributed by atoms with Gasteiger partial charge in [0.1, 0.15) is 10.9 Å². The van der Waals surface area contributed by atoms with Gasteiger partial charge in [0.25, 0.3) is 5.91 Å². The monoisotopic (exact) mass is 398 g/mol. The van der Waals surface area contributed by atoms with Crippen LogP contribution in [-0.4, -0.2) is 53.8 Å². The second-order valence-corrected chi connectivity index (χ2v) is 8.90. The molecule has 2 aliphatic heterocycles. The van der Waals surface area contributed by atoms with Gasteiger partial charge in [0.15, 0.2) is 0 Å². The van der Waals surface area contributed by atoms with Crippen LogP contribution >= 0.6 is 11.3 Å². The number of nitrogens with zero attached hydrogens (tertiary/aromatic N) is 3. The van der Waals surface area contributed by atoms with E-state index in [4.69, 9.17) is 4.98 Å². The Bertz CT molecular complexity index is 910. The minimum absolute atomic E-state index is 0.0802. The van der Waals surface area contributed by atoms with Crippen molar-refractivity contribution >= 4 is 23.2 Å². The Morgan fingerprint density at radius 3 is 2.86 bits per heavy atom. The molecule has 0 spiro atoms. The number of thiazole rings is 1. The molecule has 0 bridgehead atoms. The largest absolute Gasteiger partial charge is 0.339 e. The van der Waals surface area contributed by atoms with Gasteiger partial charge in [-0.3, -0.25) is 9.59 Å². The van der Waals surface area contributed by atoms with E-state index in [0.29, 0.717) is 17.3 Å². The van der Waals surface area contributed by atoms with Gasteiger partial charge in [-0.1, -0.05) is 24.3 Å². The number of piperidine rings is 1. The third-order valence-electron chi connectivity index (χ3n) is 5.67. The zero-order valence-electron chi connectivity index (χ0n) is 16.6. The van der Waals surface area contributed by atoms with Crippen LogP contribution in [0.1, 0.15) is 56.3 Å². The molecular weight excluding hydrogens is 372 g/mol. The Morgan fingerprint density at radius 2 is 2.07 bits per heavy atom. The number of aryl methyl sites for hydroxylation is 1. The number of benzene rings is 1. The summed E-state index contributed by atoms with van der Waals surface area (Å²) in [5, 5.41) is 4.00. The molecule has 28 heavy (non-hydrogen) atoms. The molecule has 4 rings (SSSR count). The van der Waals surface area contributed by atoms with Crippen molar-refractivity contribution < 1.29 is 9.59 Å². The summed E-state index contributed by atoms with van der Waals surface area (Å²) in [5.41, 5.74) is 2.70. The maximum atomic E-state index is 13.0. The van der Waals surface area contributed by atoms with Crippen LogP contribution in [-0.2, 0) is 11.3 Å². The van der Waals surface area contributed by atoms with Gasteiger partial charge in [-0.15, -0.1) is 11.3 Å². The number of likely N-dealkylation sites (tertiary alicyclic amines) is 1. The molecule has 2 unspecified atom stereocenters. The van der Waals surface area contributed by atoms with E-state index in [2.05, 4.69) is 17.3 Å². The highest BCUT2D eigenvalue weighted by Gasteiger charge is 2.33. The Labute approximate surface area is 169 Å². The molecule has 2 aliphatic rings. The summed E-state index contributed by atoms with van der Waals surface area (Å²) in [7, 11) is 3.90. The molecule has 7 heteroatoms. The molecule has 2 atom stereocenters. The van der Waals surface area contributed by atoms with Crippen molar-refractivity contribution in [2.24, 2.45) is 0 Å². The van der Waals surface area contributed by atoms with Crippen LogP contribution in [0.4, 0.5) is 0 Å². The minimum Gasteiger partial charge on any atom is -0.339 e. The van der Waals surface area contributed by atoms with E-state index in [1.807, 2.05) is 31.2 Å². The van der Waals surface area contributed by atoms with Crippen LogP contribution in [0.5, 0.6) is 0 Å². The van der Waals surface area contributed by atoms with E-state index in [1.54, 1.807) is 11.9 Å². The van der Waals surface area contributed by atoms with Crippen molar-refractivity contribution in [1.29, 1.82) is 0 Å². The van der Waals surface area contributed by atoms with Gasteiger partial charge in [-0.2, -0.15) is 0 Å². The zero-order chi connectivity index (χ0) is 19.8. The van der Waals surface area contributed by atoms with E-state index in [9.17, 15) is 9.59 Å². The summed E-state index contributed by atoms with van der Waals surface area (Å²) in [4.78, 5) is 35.0. The highest BCUT2D eigenvalue weighted by molar-refractivity contribution is 7.13. The third kappa shape index (κ3) is 3.56. The maximum absolute atomic E-state index is 13.0. The second-order valence-electron chi connectivity index (χ2n) is 7.87. The number of amides is 2. The first-order valence-corrected chi connectivity index (χ1v) is 10.5. The van der Waals surface area contributed by atoms with Crippen LogP contribution < -0.4 is 5.32 Å². The Kier molecular flexibility index (Phi) is 5.21. The Hall–Kier alpha value is -2.25. The minimum atomic E-state index is -0.645. The van der Waals surface area contributed by atoms with E-state index < -0.39 is 6.04 Å². The molecule has 6 nitrogen and oxygen atoms in total. The van der Waals surface area contributed by atoms with Crippen molar-refractivity contribution in [3.05, 3.63) is 51.0 Å². The van der Waals surface area contributed by atoms with Gasteiger partial charge in [0.05, 0.1) is 10.7 Å². The van der Waals surface area contributed by atoms with Crippen LogP contribution in [0.15, 0.2) is 24.3 Å². The van der Waals surface area contributed by atoms with Crippen LogP contribution in [0.2, 0.25) is 0 Å². The summed E-state index contributed by atoms with van der Waals surface area (Å²) >= 11 is 1.47. The molecule has 1 aromatic heterocycles. The quantitative estimate of drug-likeness (QED) is 0.863. The lowest BCUT2D eigenvalue weighted by Gasteiger charge is -2.32. The van der Waals surface area contributed by atoms with Crippen LogP contribution in [0.3, 0.4) is 0 Å². The molecule has 1 fully saturated rings. The molecule has 1 aromatic carbocycles. The molecule has 1 N–H and O–H groups in total. The molecule has 3 heterocycles. The summed E-state index contributed by atoms with van der Waals surface area (Å²) < 4.78 is 0. The van der Waals surface area contributed by atoms with Gasteiger partial charge in [-0.05, 0) is 44.5 Å². The number of aromatic nitrogens is 1. The van der Waals surface area contributed by atoms with Crippen molar-refractivity contribution in [3.63, 3.8) is 0 Å². The fourth-order valence-electron chi connectivity index (χ4n) is 4.15. The molecule has 148 valence electrons. The van der Waals surface area contributed by atoms with Crippen molar-refractivity contribution in [2.75, 3.05) is 27.2 Å². The number of fused-ring (bicyclic) bond motifs is 1. The molecule has 1 saturated heterocycles. The average molecular weight is 399 g/mol. The predicted octanol–water partition coefficient (Wildman–Crippen LogP) is 2.70. The lowest BCUT2D eigenvalue weighted by molar-refractivity contribution is -0.133. The van der Waals surface area contributed by atoms with E-state index in [0.717, 1.165) is 47.8 Å². The number of carbonyl (C=O) groups excluding carboxylic acids is 2. The summed E-state index contributed by atoms with van der Waals surface area (Å²) in [6.45, 7) is 4.54. The zero-order valence-corrected chi connectivity index (χ0v) is 17.4. The fourth-order valence-corrected chi connectivity index (χ4v) is 5.25. The predicted molar refractivity (Wildman–Crippen MR) is 109 cm³/mol. The number of hydrogen-bond acceptors (Lipinski definition) is 5. The topological polar surface area (TPSA) is 65.5 Å². The lowest BCUT2D eigenvalue weighted by atomic mass is 9.95. The first kappa shape index (κ1) is 19.1. The molecule has 0 aliphatic carbocycles. The second kappa shape index (κ2) is 7.64. The number of likely N-dealkylation sites (N-methyl/N-ethyl adjacent to an activating group) is 2.